The molecule has 8 nitrogen and oxygen atoms in total. The first-order valence-electron chi connectivity index (χ1n) is 9.75. The first kappa shape index (κ1) is 19.8. The van der Waals surface area contributed by atoms with Gasteiger partial charge in [-0.25, -0.2) is 4.90 Å². The number of benzene rings is 2. The van der Waals surface area contributed by atoms with Gasteiger partial charge in [-0.1, -0.05) is 17.4 Å². The fraction of sp³-hybridized carbons (Fsp3) is 0.318. The normalized spacial score (nSPS) is 20.1. The molecule has 1 fully saturated rings. The van der Waals surface area contributed by atoms with E-state index in [1.54, 1.807) is 12.1 Å². The molecule has 0 unspecified atom stereocenters. The van der Waals surface area contributed by atoms with E-state index in [1.165, 1.54) is 5.01 Å². The Morgan fingerprint density at radius 1 is 0.967 bits per heavy atom. The summed E-state index contributed by atoms with van der Waals surface area (Å²) in [6.45, 7) is 7.62. The van der Waals surface area contributed by atoms with Crippen LogP contribution in [0.15, 0.2) is 46.7 Å². The molecule has 0 aliphatic carbocycles. The molecule has 154 valence electrons. The van der Waals surface area contributed by atoms with E-state index in [0.29, 0.717) is 11.4 Å². The van der Waals surface area contributed by atoms with E-state index in [9.17, 15) is 14.4 Å². The summed E-state index contributed by atoms with van der Waals surface area (Å²) in [5.41, 5.74) is 5.31. The van der Waals surface area contributed by atoms with Crippen molar-refractivity contribution < 1.29 is 14.4 Å². The predicted octanol–water partition coefficient (Wildman–Crippen LogP) is 2.85. The molecule has 2 aromatic rings. The van der Waals surface area contributed by atoms with Gasteiger partial charge in [-0.05, 0) is 74.2 Å². The van der Waals surface area contributed by atoms with Crippen molar-refractivity contribution in [1.82, 2.24) is 5.01 Å². The SMILES string of the molecule is Cc1cc(C)cc(NC(=O)CN2N=N[C@H]3C(=O)N(c4ccc(C)c(C)c4)C(=O)[C@H]32)c1. The van der Waals surface area contributed by atoms with Crippen LogP contribution in [0.2, 0.25) is 0 Å². The van der Waals surface area contributed by atoms with Crippen LogP contribution in [0.25, 0.3) is 0 Å². The summed E-state index contributed by atoms with van der Waals surface area (Å²) in [5.74, 6) is -1.17. The molecule has 1 N–H and O–H groups in total. The lowest BCUT2D eigenvalue weighted by molar-refractivity contribution is -0.123. The molecule has 0 bridgehead atoms. The number of nitrogens with one attached hydrogen (secondary N) is 1. The molecule has 3 amide bonds. The van der Waals surface area contributed by atoms with Crippen LogP contribution < -0.4 is 10.2 Å². The van der Waals surface area contributed by atoms with E-state index >= 15 is 0 Å². The Balaban J connectivity index is 1.50. The summed E-state index contributed by atoms with van der Waals surface area (Å²) < 4.78 is 0. The molecule has 1 saturated heterocycles. The summed E-state index contributed by atoms with van der Waals surface area (Å²) in [5, 5.41) is 12.0. The molecular weight excluding hydrogens is 382 g/mol. The number of anilines is 2. The molecule has 30 heavy (non-hydrogen) atoms. The number of amides is 3. The number of imide groups is 1. The minimum Gasteiger partial charge on any atom is -0.324 e. The topological polar surface area (TPSA) is 94.4 Å². The summed E-state index contributed by atoms with van der Waals surface area (Å²) in [4.78, 5) is 39.5. The fourth-order valence-corrected chi connectivity index (χ4v) is 3.87. The molecule has 4 rings (SSSR count). The zero-order valence-electron chi connectivity index (χ0n) is 17.3. The van der Waals surface area contributed by atoms with E-state index in [-0.39, 0.29) is 12.5 Å². The Hall–Kier alpha value is -3.55. The van der Waals surface area contributed by atoms with Crippen LogP contribution in [0.5, 0.6) is 0 Å². The smallest absolute Gasteiger partial charge is 0.263 e. The quantitative estimate of drug-likeness (QED) is 0.792. The maximum Gasteiger partial charge on any atom is 0.263 e. The van der Waals surface area contributed by atoms with Crippen molar-refractivity contribution in [2.75, 3.05) is 16.8 Å². The standard InChI is InChI=1S/C22H23N5O3/c1-12-7-13(2)9-16(8-12)23-18(28)11-26-20-19(24-25-26)21(29)27(22(20)30)17-6-5-14(3)15(4)10-17/h5-10,19-20H,11H2,1-4H3,(H,23,28)/t19-,20+/m1/s1. The van der Waals surface area contributed by atoms with Crippen molar-refractivity contribution in [2.24, 2.45) is 10.3 Å². The van der Waals surface area contributed by atoms with E-state index in [4.69, 9.17) is 0 Å². The van der Waals surface area contributed by atoms with Crippen LogP contribution in [-0.4, -0.2) is 41.4 Å². The van der Waals surface area contributed by atoms with Crippen LogP contribution in [0.4, 0.5) is 11.4 Å². The van der Waals surface area contributed by atoms with E-state index < -0.39 is 23.9 Å². The Bertz CT molecular complexity index is 1070. The lowest BCUT2D eigenvalue weighted by Gasteiger charge is -2.20. The summed E-state index contributed by atoms with van der Waals surface area (Å²) >= 11 is 0. The zero-order chi connectivity index (χ0) is 21.6. The van der Waals surface area contributed by atoms with Crippen molar-refractivity contribution in [2.45, 2.75) is 39.8 Å². The minimum absolute atomic E-state index is 0.169. The first-order chi connectivity index (χ1) is 14.2. The van der Waals surface area contributed by atoms with Gasteiger partial charge in [-0.2, -0.15) is 5.11 Å². The number of aryl methyl sites for hydroxylation is 4. The molecule has 2 atom stereocenters. The number of nitrogens with zero attached hydrogens (tertiary/aromatic N) is 4. The van der Waals surface area contributed by atoms with Crippen molar-refractivity contribution in [3.05, 3.63) is 58.7 Å². The molecule has 0 saturated carbocycles. The number of rotatable bonds is 4. The maximum absolute atomic E-state index is 13.0. The average Bonchev–Trinajstić information content (AvgIpc) is 3.17. The predicted molar refractivity (Wildman–Crippen MR) is 112 cm³/mol. The van der Waals surface area contributed by atoms with Crippen molar-refractivity contribution >= 4 is 29.1 Å². The molecule has 2 heterocycles. The van der Waals surface area contributed by atoms with Gasteiger partial charge in [0.15, 0.2) is 12.1 Å². The van der Waals surface area contributed by atoms with Gasteiger partial charge in [0.05, 0.1) is 5.69 Å². The Morgan fingerprint density at radius 2 is 1.67 bits per heavy atom. The van der Waals surface area contributed by atoms with Crippen molar-refractivity contribution in [1.29, 1.82) is 0 Å². The van der Waals surface area contributed by atoms with Gasteiger partial charge in [-0.15, -0.1) is 0 Å². The van der Waals surface area contributed by atoms with Gasteiger partial charge in [0, 0.05) is 5.69 Å². The molecule has 8 heteroatoms. The monoisotopic (exact) mass is 405 g/mol. The largest absolute Gasteiger partial charge is 0.324 e. The van der Waals surface area contributed by atoms with Gasteiger partial charge < -0.3 is 5.32 Å². The molecule has 0 spiro atoms. The van der Waals surface area contributed by atoms with Crippen LogP contribution in [-0.2, 0) is 14.4 Å². The maximum atomic E-state index is 13.0. The lowest BCUT2D eigenvalue weighted by Crippen LogP contribution is -2.43. The van der Waals surface area contributed by atoms with Crippen LogP contribution in [0.1, 0.15) is 22.3 Å². The highest BCUT2D eigenvalue weighted by molar-refractivity contribution is 6.25. The third-order valence-electron chi connectivity index (χ3n) is 5.42. The van der Waals surface area contributed by atoms with Crippen LogP contribution >= 0.6 is 0 Å². The van der Waals surface area contributed by atoms with Gasteiger partial charge in [0.25, 0.3) is 11.8 Å². The van der Waals surface area contributed by atoms with Crippen LogP contribution in [0.3, 0.4) is 0 Å². The zero-order valence-corrected chi connectivity index (χ0v) is 17.3. The molecule has 0 aromatic heterocycles. The Morgan fingerprint density at radius 3 is 2.33 bits per heavy atom. The second-order valence-electron chi connectivity index (χ2n) is 7.90. The highest BCUT2D eigenvalue weighted by atomic mass is 16.2. The van der Waals surface area contributed by atoms with E-state index in [1.807, 2.05) is 52.0 Å². The molecule has 2 aliphatic heterocycles. The Labute approximate surface area is 174 Å². The third kappa shape index (κ3) is 3.45. The molecule has 0 radical (unpaired) electrons. The van der Waals surface area contributed by atoms with Crippen LogP contribution in [0, 0.1) is 27.7 Å². The van der Waals surface area contributed by atoms with Crippen molar-refractivity contribution in [3.8, 4) is 0 Å². The second-order valence-corrected chi connectivity index (χ2v) is 7.90. The lowest BCUT2D eigenvalue weighted by atomic mass is 10.1. The minimum atomic E-state index is -0.923. The number of carbonyl (C=O) groups is 3. The summed E-state index contributed by atoms with van der Waals surface area (Å²) in [7, 11) is 0. The number of fused-ring (bicyclic) bond motifs is 1. The average molecular weight is 405 g/mol. The first-order valence-corrected chi connectivity index (χ1v) is 9.75. The number of hydrogen-bond acceptors (Lipinski definition) is 6. The fourth-order valence-electron chi connectivity index (χ4n) is 3.87. The second kappa shape index (κ2) is 7.37. The Kier molecular flexibility index (Phi) is 4.85. The van der Waals surface area contributed by atoms with Gasteiger partial charge in [-0.3, -0.25) is 19.4 Å². The highest BCUT2D eigenvalue weighted by Gasteiger charge is 2.55. The van der Waals surface area contributed by atoms with E-state index in [0.717, 1.165) is 27.2 Å². The van der Waals surface area contributed by atoms with Gasteiger partial charge >= 0.3 is 0 Å². The third-order valence-corrected chi connectivity index (χ3v) is 5.42. The highest BCUT2D eigenvalue weighted by Crippen LogP contribution is 2.32. The summed E-state index contributed by atoms with van der Waals surface area (Å²) in [6.07, 6.45) is 0. The molecular formula is C22H23N5O3. The molecule has 2 aliphatic rings. The van der Waals surface area contributed by atoms with Gasteiger partial charge in [0.2, 0.25) is 5.91 Å². The van der Waals surface area contributed by atoms with E-state index in [2.05, 4.69) is 15.7 Å². The number of hydrogen-bond donors (Lipinski definition) is 1. The number of carbonyl (C=O) groups excluding carboxylic acids is 3. The van der Waals surface area contributed by atoms with Crippen molar-refractivity contribution in [3.63, 3.8) is 0 Å². The summed E-state index contributed by atoms with van der Waals surface area (Å²) in [6, 6.07) is 9.34. The molecule has 2 aromatic carbocycles. The van der Waals surface area contributed by atoms with Gasteiger partial charge in [0.1, 0.15) is 6.54 Å².